The minimum absolute atomic E-state index is 0.0638. The highest BCUT2D eigenvalue weighted by Crippen LogP contribution is 2.30. The van der Waals surface area contributed by atoms with Crippen molar-refractivity contribution in [2.45, 2.75) is 19.8 Å². The third kappa shape index (κ3) is 5.60. The van der Waals surface area contributed by atoms with Crippen LogP contribution in [0.1, 0.15) is 28.8 Å². The molecule has 3 amide bonds. The van der Waals surface area contributed by atoms with Crippen LogP contribution in [-0.4, -0.2) is 37.9 Å². The highest BCUT2D eigenvalue weighted by atomic mass is 16.5. The van der Waals surface area contributed by atoms with Crippen molar-refractivity contribution in [3.8, 4) is 5.75 Å². The SMILES string of the molecule is COc1ccccc1NC(=O)c1ccc(NC(=O)CNc2cccc(N3CCCC3=O)c2C)cc1. The van der Waals surface area contributed by atoms with Crippen LogP contribution in [0.2, 0.25) is 0 Å². The molecule has 0 aliphatic carbocycles. The highest BCUT2D eigenvalue weighted by molar-refractivity contribution is 6.05. The van der Waals surface area contributed by atoms with Gasteiger partial charge in [-0.25, -0.2) is 0 Å². The van der Waals surface area contributed by atoms with Gasteiger partial charge in [0.1, 0.15) is 5.75 Å². The number of carbonyl (C=O) groups is 3. The summed E-state index contributed by atoms with van der Waals surface area (Å²) in [6, 6.07) is 19.5. The number of nitrogens with one attached hydrogen (secondary N) is 3. The fraction of sp³-hybridized carbons (Fsp3) is 0.222. The van der Waals surface area contributed by atoms with Crippen LogP contribution >= 0.6 is 0 Å². The zero-order chi connectivity index (χ0) is 24.8. The monoisotopic (exact) mass is 472 g/mol. The number of ether oxygens (including phenoxy) is 1. The Hall–Kier alpha value is -4.33. The van der Waals surface area contributed by atoms with Gasteiger partial charge in [0.15, 0.2) is 0 Å². The first kappa shape index (κ1) is 23.8. The molecule has 1 aliphatic rings. The number of hydrogen-bond donors (Lipinski definition) is 3. The largest absolute Gasteiger partial charge is 0.495 e. The van der Waals surface area contributed by atoms with Gasteiger partial charge in [0.05, 0.1) is 19.3 Å². The summed E-state index contributed by atoms with van der Waals surface area (Å²) in [6.07, 6.45) is 1.43. The maximum absolute atomic E-state index is 12.6. The summed E-state index contributed by atoms with van der Waals surface area (Å²) in [7, 11) is 1.55. The maximum atomic E-state index is 12.6. The first-order valence-electron chi connectivity index (χ1n) is 11.4. The maximum Gasteiger partial charge on any atom is 0.255 e. The van der Waals surface area contributed by atoms with E-state index in [0.717, 1.165) is 29.9 Å². The Morgan fingerprint density at radius 3 is 2.40 bits per heavy atom. The number of anilines is 4. The lowest BCUT2D eigenvalue weighted by Gasteiger charge is -2.20. The van der Waals surface area contributed by atoms with Gasteiger partial charge in [-0.05, 0) is 67.4 Å². The number of para-hydroxylation sites is 2. The second-order valence-corrected chi connectivity index (χ2v) is 8.23. The van der Waals surface area contributed by atoms with Gasteiger partial charge in [0.2, 0.25) is 11.8 Å². The Bertz CT molecular complexity index is 1240. The van der Waals surface area contributed by atoms with Crippen molar-refractivity contribution in [1.82, 2.24) is 0 Å². The van der Waals surface area contributed by atoms with E-state index >= 15 is 0 Å². The molecule has 1 saturated heterocycles. The minimum Gasteiger partial charge on any atom is -0.495 e. The molecule has 3 N–H and O–H groups in total. The highest BCUT2D eigenvalue weighted by Gasteiger charge is 2.23. The summed E-state index contributed by atoms with van der Waals surface area (Å²) in [5.74, 6) is 0.201. The lowest BCUT2D eigenvalue weighted by molar-refractivity contribution is -0.117. The van der Waals surface area contributed by atoms with Crippen LogP contribution in [0.25, 0.3) is 0 Å². The van der Waals surface area contributed by atoms with Gasteiger partial charge in [0.25, 0.3) is 5.91 Å². The fourth-order valence-corrected chi connectivity index (χ4v) is 4.04. The van der Waals surface area contributed by atoms with Crippen molar-refractivity contribution in [1.29, 1.82) is 0 Å². The van der Waals surface area contributed by atoms with Crippen LogP contribution in [-0.2, 0) is 9.59 Å². The van der Waals surface area contributed by atoms with E-state index in [9.17, 15) is 14.4 Å². The minimum atomic E-state index is -0.277. The summed E-state index contributed by atoms with van der Waals surface area (Å²) in [4.78, 5) is 39.0. The fourth-order valence-electron chi connectivity index (χ4n) is 4.04. The van der Waals surface area contributed by atoms with Crippen LogP contribution in [0, 0.1) is 6.92 Å². The average Bonchev–Trinajstić information content (AvgIpc) is 3.29. The van der Waals surface area contributed by atoms with Crippen molar-refractivity contribution in [3.63, 3.8) is 0 Å². The van der Waals surface area contributed by atoms with E-state index in [1.165, 1.54) is 0 Å². The molecular weight excluding hydrogens is 444 g/mol. The van der Waals surface area contributed by atoms with Gasteiger partial charge >= 0.3 is 0 Å². The van der Waals surface area contributed by atoms with Crippen LogP contribution in [0.4, 0.5) is 22.7 Å². The van der Waals surface area contributed by atoms with Gasteiger partial charge in [-0.2, -0.15) is 0 Å². The molecule has 0 radical (unpaired) electrons. The van der Waals surface area contributed by atoms with E-state index in [-0.39, 0.29) is 24.3 Å². The standard InChI is InChI=1S/C27H28N4O4/c1-18-21(8-5-9-23(18)31-16-6-11-26(31)33)28-17-25(32)29-20-14-12-19(13-15-20)27(34)30-22-7-3-4-10-24(22)35-2/h3-5,7-10,12-15,28H,6,11,16-17H2,1-2H3,(H,29,32)(H,30,34). The average molecular weight is 473 g/mol. The molecule has 3 aromatic rings. The van der Waals surface area contributed by atoms with Crippen molar-refractivity contribution < 1.29 is 19.1 Å². The molecule has 1 fully saturated rings. The van der Waals surface area contributed by atoms with Crippen molar-refractivity contribution in [2.24, 2.45) is 0 Å². The van der Waals surface area contributed by atoms with Crippen molar-refractivity contribution >= 4 is 40.5 Å². The molecule has 0 saturated carbocycles. The molecule has 0 aromatic heterocycles. The van der Waals surface area contributed by atoms with Crippen LogP contribution < -0.4 is 25.6 Å². The molecule has 0 unspecified atom stereocenters. The molecule has 3 aromatic carbocycles. The van der Waals surface area contributed by atoms with E-state index in [0.29, 0.717) is 29.1 Å². The third-order valence-corrected chi connectivity index (χ3v) is 5.89. The summed E-state index contributed by atoms with van der Waals surface area (Å²) in [6.45, 7) is 2.72. The number of benzene rings is 3. The predicted molar refractivity (Wildman–Crippen MR) is 137 cm³/mol. The molecule has 4 rings (SSSR count). The molecule has 8 nitrogen and oxygen atoms in total. The summed E-state index contributed by atoms with van der Waals surface area (Å²) >= 11 is 0. The zero-order valence-electron chi connectivity index (χ0n) is 19.8. The molecule has 1 aliphatic heterocycles. The lowest BCUT2D eigenvalue weighted by Crippen LogP contribution is -2.25. The second kappa shape index (κ2) is 10.7. The molecule has 1 heterocycles. The van der Waals surface area contributed by atoms with E-state index in [4.69, 9.17) is 4.74 Å². The topological polar surface area (TPSA) is 99.8 Å². The van der Waals surface area contributed by atoms with Gasteiger partial charge in [0, 0.05) is 35.6 Å². The Kier molecular flexibility index (Phi) is 7.30. The Morgan fingerprint density at radius 1 is 0.943 bits per heavy atom. The quantitative estimate of drug-likeness (QED) is 0.450. The normalized spacial score (nSPS) is 12.9. The summed E-state index contributed by atoms with van der Waals surface area (Å²) in [5, 5.41) is 8.80. The van der Waals surface area contributed by atoms with E-state index in [1.54, 1.807) is 48.4 Å². The van der Waals surface area contributed by atoms with E-state index in [2.05, 4.69) is 16.0 Å². The third-order valence-electron chi connectivity index (χ3n) is 5.89. The van der Waals surface area contributed by atoms with Crippen LogP contribution in [0.5, 0.6) is 5.75 Å². The molecule has 0 spiro atoms. The Labute approximate surface area is 204 Å². The predicted octanol–water partition coefficient (Wildman–Crippen LogP) is 4.43. The summed E-state index contributed by atoms with van der Waals surface area (Å²) in [5.41, 5.74) is 4.23. The zero-order valence-corrected chi connectivity index (χ0v) is 19.8. The molecule has 8 heteroatoms. The van der Waals surface area contributed by atoms with Gasteiger partial charge in [-0.1, -0.05) is 18.2 Å². The second-order valence-electron chi connectivity index (χ2n) is 8.23. The van der Waals surface area contributed by atoms with Crippen LogP contribution in [0.15, 0.2) is 66.7 Å². The lowest BCUT2D eigenvalue weighted by atomic mass is 10.1. The number of methoxy groups -OCH3 is 1. The van der Waals surface area contributed by atoms with E-state index in [1.807, 2.05) is 37.3 Å². The molecule has 35 heavy (non-hydrogen) atoms. The van der Waals surface area contributed by atoms with Crippen molar-refractivity contribution in [3.05, 3.63) is 77.9 Å². The smallest absolute Gasteiger partial charge is 0.255 e. The number of rotatable bonds is 8. The molecular formula is C27H28N4O4. The number of amides is 3. The number of carbonyl (C=O) groups excluding carboxylic acids is 3. The molecule has 0 atom stereocenters. The number of hydrogen-bond acceptors (Lipinski definition) is 5. The van der Waals surface area contributed by atoms with Crippen LogP contribution in [0.3, 0.4) is 0 Å². The van der Waals surface area contributed by atoms with Gasteiger partial charge in [-0.3, -0.25) is 14.4 Å². The van der Waals surface area contributed by atoms with Gasteiger partial charge < -0.3 is 25.6 Å². The summed E-state index contributed by atoms with van der Waals surface area (Å²) < 4.78 is 5.26. The Morgan fingerprint density at radius 2 is 1.69 bits per heavy atom. The van der Waals surface area contributed by atoms with Crippen molar-refractivity contribution in [2.75, 3.05) is 41.0 Å². The molecule has 180 valence electrons. The molecule has 0 bridgehead atoms. The van der Waals surface area contributed by atoms with E-state index < -0.39 is 0 Å². The Balaban J connectivity index is 1.33. The first-order valence-corrected chi connectivity index (χ1v) is 11.4. The number of nitrogens with zero attached hydrogens (tertiary/aromatic N) is 1. The first-order chi connectivity index (χ1) is 17.0. The van der Waals surface area contributed by atoms with Gasteiger partial charge in [-0.15, -0.1) is 0 Å².